The molecule has 120 valence electrons. The summed E-state index contributed by atoms with van der Waals surface area (Å²) in [5.41, 5.74) is 6.48. The SMILES string of the molecule is CC(N)C(C)C(=O)N(C)C1CCN(c2ccccc2Cl)C1=O. The first-order valence-corrected chi connectivity index (χ1v) is 7.80. The molecule has 3 unspecified atom stereocenters. The largest absolute Gasteiger partial charge is 0.333 e. The fourth-order valence-electron chi connectivity index (χ4n) is 2.63. The van der Waals surface area contributed by atoms with Gasteiger partial charge in [0.25, 0.3) is 0 Å². The summed E-state index contributed by atoms with van der Waals surface area (Å²) in [5.74, 6) is -0.512. The van der Waals surface area contributed by atoms with Gasteiger partial charge in [0.05, 0.1) is 16.6 Å². The van der Waals surface area contributed by atoms with Gasteiger partial charge in [0.2, 0.25) is 11.8 Å². The lowest BCUT2D eigenvalue weighted by molar-refractivity contribution is -0.140. The molecule has 2 N–H and O–H groups in total. The maximum absolute atomic E-state index is 12.6. The number of nitrogens with zero attached hydrogens (tertiary/aromatic N) is 2. The van der Waals surface area contributed by atoms with E-state index in [9.17, 15) is 9.59 Å². The summed E-state index contributed by atoms with van der Waals surface area (Å²) in [7, 11) is 1.67. The van der Waals surface area contributed by atoms with Gasteiger partial charge in [0.15, 0.2) is 0 Å². The molecule has 0 radical (unpaired) electrons. The molecule has 6 heteroatoms. The van der Waals surface area contributed by atoms with Gasteiger partial charge in [-0.05, 0) is 25.5 Å². The van der Waals surface area contributed by atoms with Gasteiger partial charge in [-0.1, -0.05) is 30.7 Å². The van der Waals surface area contributed by atoms with Crippen LogP contribution in [0.1, 0.15) is 20.3 Å². The first-order valence-electron chi connectivity index (χ1n) is 7.42. The zero-order valence-electron chi connectivity index (χ0n) is 13.1. The molecule has 1 heterocycles. The third-order valence-electron chi connectivity index (χ3n) is 4.31. The Morgan fingerprint density at radius 3 is 2.64 bits per heavy atom. The fourth-order valence-corrected chi connectivity index (χ4v) is 2.87. The number of anilines is 1. The minimum absolute atomic E-state index is 0.0965. The zero-order valence-corrected chi connectivity index (χ0v) is 13.9. The Kier molecular flexibility index (Phi) is 5.08. The Balaban J connectivity index is 2.15. The molecule has 2 rings (SSSR count). The van der Waals surface area contributed by atoms with Gasteiger partial charge in [-0.15, -0.1) is 0 Å². The molecule has 0 aromatic heterocycles. The van der Waals surface area contributed by atoms with E-state index in [-0.39, 0.29) is 23.8 Å². The van der Waals surface area contributed by atoms with Crippen LogP contribution in [0.3, 0.4) is 0 Å². The topological polar surface area (TPSA) is 66.6 Å². The maximum Gasteiger partial charge on any atom is 0.249 e. The molecule has 1 aliphatic heterocycles. The number of hydrogen-bond donors (Lipinski definition) is 1. The number of halogens is 1. The highest BCUT2D eigenvalue weighted by Gasteiger charge is 2.39. The Bertz CT molecular complexity index is 576. The molecule has 22 heavy (non-hydrogen) atoms. The summed E-state index contributed by atoms with van der Waals surface area (Å²) in [6, 6.07) is 6.54. The van der Waals surface area contributed by atoms with E-state index in [1.807, 2.05) is 18.2 Å². The van der Waals surface area contributed by atoms with Gasteiger partial charge in [-0.2, -0.15) is 0 Å². The first kappa shape index (κ1) is 16.8. The molecular weight excluding hydrogens is 302 g/mol. The fraction of sp³-hybridized carbons (Fsp3) is 0.500. The van der Waals surface area contributed by atoms with Crippen molar-refractivity contribution >= 4 is 29.1 Å². The summed E-state index contributed by atoms with van der Waals surface area (Å²) >= 11 is 6.16. The van der Waals surface area contributed by atoms with Crippen LogP contribution in [0.25, 0.3) is 0 Å². The molecule has 0 bridgehead atoms. The van der Waals surface area contributed by atoms with E-state index in [1.165, 1.54) is 4.90 Å². The van der Waals surface area contributed by atoms with Crippen molar-refractivity contribution in [3.05, 3.63) is 29.3 Å². The summed E-state index contributed by atoms with van der Waals surface area (Å²) in [6.07, 6.45) is 0.595. The molecule has 5 nitrogen and oxygen atoms in total. The van der Waals surface area contributed by atoms with Gasteiger partial charge in [0, 0.05) is 19.6 Å². The van der Waals surface area contributed by atoms with Gasteiger partial charge in [0.1, 0.15) is 6.04 Å². The van der Waals surface area contributed by atoms with Gasteiger partial charge in [-0.3, -0.25) is 9.59 Å². The van der Waals surface area contributed by atoms with Gasteiger partial charge < -0.3 is 15.5 Å². The monoisotopic (exact) mass is 323 g/mol. The Labute approximate surface area is 136 Å². The Morgan fingerprint density at radius 2 is 2.05 bits per heavy atom. The van der Waals surface area contributed by atoms with Gasteiger partial charge >= 0.3 is 0 Å². The second kappa shape index (κ2) is 6.67. The van der Waals surface area contributed by atoms with E-state index >= 15 is 0 Å². The summed E-state index contributed by atoms with van der Waals surface area (Å²) < 4.78 is 0. The number of nitrogens with two attached hydrogens (primary N) is 1. The van der Waals surface area contributed by atoms with E-state index in [0.29, 0.717) is 23.7 Å². The van der Waals surface area contributed by atoms with E-state index in [4.69, 9.17) is 17.3 Å². The number of amides is 2. The summed E-state index contributed by atoms with van der Waals surface area (Å²) in [5, 5.41) is 0.537. The lowest BCUT2D eigenvalue weighted by Crippen LogP contribution is -2.47. The molecule has 1 aliphatic rings. The number of likely N-dealkylation sites (N-methyl/N-ethyl adjacent to an activating group) is 1. The van der Waals surface area contributed by atoms with Crippen molar-refractivity contribution in [1.29, 1.82) is 0 Å². The highest BCUT2D eigenvalue weighted by molar-refractivity contribution is 6.34. The predicted molar refractivity (Wildman–Crippen MR) is 87.8 cm³/mol. The smallest absolute Gasteiger partial charge is 0.249 e. The van der Waals surface area contributed by atoms with E-state index < -0.39 is 6.04 Å². The van der Waals surface area contributed by atoms with Crippen molar-refractivity contribution in [2.45, 2.75) is 32.4 Å². The van der Waals surface area contributed by atoms with Crippen molar-refractivity contribution in [3.8, 4) is 0 Å². The third-order valence-corrected chi connectivity index (χ3v) is 4.63. The average Bonchev–Trinajstić information content (AvgIpc) is 2.87. The molecule has 0 saturated carbocycles. The predicted octanol–water partition coefficient (Wildman–Crippen LogP) is 1.89. The molecule has 1 saturated heterocycles. The molecule has 0 aliphatic carbocycles. The van der Waals surface area contributed by atoms with E-state index in [1.54, 1.807) is 31.9 Å². The number of rotatable bonds is 4. The Morgan fingerprint density at radius 1 is 1.41 bits per heavy atom. The second-order valence-electron chi connectivity index (χ2n) is 5.84. The number of para-hydroxylation sites is 1. The zero-order chi connectivity index (χ0) is 16.4. The lowest BCUT2D eigenvalue weighted by atomic mass is 10.0. The van der Waals surface area contributed by atoms with Gasteiger partial charge in [-0.25, -0.2) is 0 Å². The number of carbonyl (C=O) groups excluding carboxylic acids is 2. The quantitative estimate of drug-likeness (QED) is 0.920. The highest BCUT2D eigenvalue weighted by Crippen LogP contribution is 2.30. The minimum atomic E-state index is -0.454. The van der Waals surface area contributed by atoms with Crippen LogP contribution in [0.2, 0.25) is 5.02 Å². The van der Waals surface area contributed by atoms with Crippen molar-refractivity contribution in [1.82, 2.24) is 4.90 Å². The van der Waals surface area contributed by atoms with Crippen LogP contribution in [0.5, 0.6) is 0 Å². The van der Waals surface area contributed by atoms with Crippen LogP contribution in [-0.4, -0.2) is 42.4 Å². The van der Waals surface area contributed by atoms with Crippen LogP contribution < -0.4 is 10.6 Å². The minimum Gasteiger partial charge on any atom is -0.333 e. The third kappa shape index (κ3) is 3.10. The van der Waals surface area contributed by atoms with Crippen LogP contribution in [0.15, 0.2) is 24.3 Å². The highest BCUT2D eigenvalue weighted by atomic mass is 35.5. The van der Waals surface area contributed by atoms with Crippen LogP contribution in [0, 0.1) is 5.92 Å². The normalized spacial score (nSPS) is 20.9. The average molecular weight is 324 g/mol. The van der Waals surface area contributed by atoms with Crippen molar-refractivity contribution < 1.29 is 9.59 Å². The standard InChI is InChI=1S/C16H22ClN3O2/c1-10(11(2)18)15(21)19(3)14-8-9-20(16(14)22)13-7-5-4-6-12(13)17/h4-7,10-11,14H,8-9,18H2,1-3H3. The Hall–Kier alpha value is -1.59. The van der Waals surface area contributed by atoms with Crippen molar-refractivity contribution in [2.24, 2.45) is 11.7 Å². The number of carbonyl (C=O) groups is 2. The number of benzene rings is 1. The first-order chi connectivity index (χ1) is 10.3. The number of hydrogen-bond acceptors (Lipinski definition) is 3. The van der Waals surface area contributed by atoms with Crippen molar-refractivity contribution in [3.63, 3.8) is 0 Å². The molecule has 1 aromatic carbocycles. The van der Waals surface area contributed by atoms with Crippen LogP contribution >= 0.6 is 11.6 Å². The van der Waals surface area contributed by atoms with Crippen LogP contribution in [-0.2, 0) is 9.59 Å². The van der Waals surface area contributed by atoms with E-state index in [2.05, 4.69) is 0 Å². The maximum atomic E-state index is 12.6. The summed E-state index contributed by atoms with van der Waals surface area (Å²) in [6.45, 7) is 4.13. The second-order valence-corrected chi connectivity index (χ2v) is 6.25. The molecule has 3 atom stereocenters. The summed E-state index contributed by atoms with van der Waals surface area (Å²) in [4.78, 5) is 28.2. The molecular formula is C16H22ClN3O2. The molecule has 1 fully saturated rings. The van der Waals surface area contributed by atoms with Crippen LogP contribution in [0.4, 0.5) is 5.69 Å². The molecule has 2 amide bonds. The molecule has 1 aromatic rings. The molecule has 0 spiro atoms. The lowest BCUT2D eigenvalue weighted by Gasteiger charge is -2.28. The van der Waals surface area contributed by atoms with E-state index in [0.717, 1.165) is 0 Å². The van der Waals surface area contributed by atoms with Crippen molar-refractivity contribution in [2.75, 3.05) is 18.5 Å².